The maximum absolute atomic E-state index is 13.5. The lowest BCUT2D eigenvalue weighted by Gasteiger charge is -2.38. The number of carbonyl (C=O) groups excluding carboxylic acids is 2. The largest absolute Gasteiger partial charge is 0.465 e. The zero-order valence-corrected chi connectivity index (χ0v) is 19.0. The van der Waals surface area contributed by atoms with Crippen molar-refractivity contribution in [2.24, 2.45) is 0 Å². The zero-order chi connectivity index (χ0) is 22.5. The molecule has 0 saturated carbocycles. The minimum Gasteiger partial charge on any atom is -0.465 e. The van der Waals surface area contributed by atoms with Crippen molar-refractivity contribution in [3.8, 4) is 0 Å². The number of thioether (sulfide) groups is 1. The molecule has 3 aromatic rings. The number of carbonyl (C=O) groups is 2. The molecule has 3 aromatic carbocycles. The Kier molecular flexibility index (Phi) is 6.93. The van der Waals surface area contributed by atoms with Crippen LogP contribution in [-0.2, 0) is 16.1 Å². The van der Waals surface area contributed by atoms with E-state index in [2.05, 4.69) is 18.2 Å². The summed E-state index contributed by atoms with van der Waals surface area (Å²) in [6, 6.07) is 25.6. The van der Waals surface area contributed by atoms with Crippen LogP contribution in [0, 0.1) is 0 Å². The number of anilines is 1. The summed E-state index contributed by atoms with van der Waals surface area (Å²) in [5.41, 5.74) is 3.66. The van der Waals surface area contributed by atoms with E-state index >= 15 is 0 Å². The molecule has 5 nitrogen and oxygen atoms in total. The third-order valence-electron chi connectivity index (χ3n) is 5.52. The number of methoxy groups -OCH3 is 1. The smallest absolute Gasteiger partial charge is 0.337 e. The standard InChI is InChI=1S/C26H26N2O3S/c1-27(16-19-12-14-21(15-13-19)26(30)31-2)17-25(29)28-22-10-6-7-11-24(22)32-18-23(28)20-8-4-3-5-9-20/h3-15,23H,16-18H2,1-2H3. The maximum Gasteiger partial charge on any atom is 0.337 e. The van der Waals surface area contributed by atoms with Gasteiger partial charge in [0.25, 0.3) is 0 Å². The van der Waals surface area contributed by atoms with Crippen LogP contribution in [0.5, 0.6) is 0 Å². The minimum atomic E-state index is -0.353. The molecule has 0 saturated heterocycles. The molecular formula is C26H26N2O3S. The lowest BCUT2D eigenvalue weighted by atomic mass is 10.1. The number of fused-ring (bicyclic) bond motifs is 1. The van der Waals surface area contributed by atoms with Crippen LogP contribution in [0.4, 0.5) is 5.69 Å². The topological polar surface area (TPSA) is 49.9 Å². The van der Waals surface area contributed by atoms with E-state index in [0.29, 0.717) is 18.7 Å². The van der Waals surface area contributed by atoms with Crippen molar-refractivity contribution in [3.63, 3.8) is 0 Å². The third kappa shape index (κ3) is 4.87. The van der Waals surface area contributed by atoms with Gasteiger partial charge < -0.3 is 9.64 Å². The molecule has 1 atom stereocenters. The summed E-state index contributed by atoms with van der Waals surface area (Å²) in [6.45, 7) is 0.897. The molecule has 32 heavy (non-hydrogen) atoms. The van der Waals surface area contributed by atoms with E-state index in [1.165, 1.54) is 7.11 Å². The predicted octanol–water partition coefficient (Wildman–Crippen LogP) is 4.79. The number of likely N-dealkylation sites (N-methyl/N-ethyl adjacent to an activating group) is 1. The Bertz CT molecular complexity index is 1090. The first-order valence-electron chi connectivity index (χ1n) is 10.5. The van der Waals surface area contributed by atoms with Crippen LogP contribution < -0.4 is 4.90 Å². The molecule has 4 rings (SSSR count). The predicted molar refractivity (Wildman–Crippen MR) is 128 cm³/mol. The van der Waals surface area contributed by atoms with Crippen molar-refractivity contribution < 1.29 is 14.3 Å². The minimum absolute atomic E-state index is 0.00339. The highest BCUT2D eigenvalue weighted by Gasteiger charge is 2.32. The van der Waals surface area contributed by atoms with Gasteiger partial charge in [0.15, 0.2) is 0 Å². The van der Waals surface area contributed by atoms with Crippen LogP contribution in [0.1, 0.15) is 27.5 Å². The van der Waals surface area contributed by atoms with Gasteiger partial charge in [0.2, 0.25) is 5.91 Å². The van der Waals surface area contributed by atoms with E-state index < -0.39 is 0 Å². The van der Waals surface area contributed by atoms with Gasteiger partial charge in [-0.1, -0.05) is 54.6 Å². The lowest BCUT2D eigenvalue weighted by molar-refractivity contribution is -0.120. The molecule has 1 aliphatic rings. The Hall–Kier alpha value is -3.09. The summed E-state index contributed by atoms with van der Waals surface area (Å²) in [6.07, 6.45) is 0. The molecule has 0 fully saturated rings. The van der Waals surface area contributed by atoms with Crippen molar-refractivity contribution >= 4 is 29.3 Å². The molecule has 1 heterocycles. The summed E-state index contributed by atoms with van der Waals surface area (Å²) in [5.74, 6) is 0.541. The first-order valence-corrected chi connectivity index (χ1v) is 11.5. The first kappa shape index (κ1) is 22.1. The zero-order valence-electron chi connectivity index (χ0n) is 18.2. The highest BCUT2D eigenvalue weighted by molar-refractivity contribution is 7.99. The van der Waals surface area contributed by atoms with Crippen LogP contribution >= 0.6 is 11.8 Å². The van der Waals surface area contributed by atoms with Crippen molar-refractivity contribution in [1.29, 1.82) is 0 Å². The maximum atomic E-state index is 13.5. The second-order valence-electron chi connectivity index (χ2n) is 7.83. The van der Waals surface area contributed by atoms with Gasteiger partial charge in [0.1, 0.15) is 0 Å². The fourth-order valence-corrected chi connectivity index (χ4v) is 5.12. The Morgan fingerprint density at radius 2 is 1.69 bits per heavy atom. The van der Waals surface area contributed by atoms with Gasteiger partial charge in [-0.25, -0.2) is 4.79 Å². The number of hydrogen-bond acceptors (Lipinski definition) is 5. The van der Waals surface area contributed by atoms with Crippen molar-refractivity contribution in [1.82, 2.24) is 4.90 Å². The number of hydrogen-bond donors (Lipinski definition) is 0. The van der Waals surface area contributed by atoms with Gasteiger partial charge in [0.05, 0.1) is 30.9 Å². The third-order valence-corrected chi connectivity index (χ3v) is 6.66. The first-order chi connectivity index (χ1) is 15.6. The van der Waals surface area contributed by atoms with E-state index in [4.69, 9.17) is 4.74 Å². The average molecular weight is 447 g/mol. The van der Waals surface area contributed by atoms with Gasteiger partial charge in [-0.05, 0) is 42.4 Å². The number of rotatable bonds is 6. The Morgan fingerprint density at radius 3 is 2.41 bits per heavy atom. The number of ether oxygens (including phenoxy) is 1. The molecule has 0 bridgehead atoms. The summed E-state index contributed by atoms with van der Waals surface area (Å²) in [4.78, 5) is 30.3. The van der Waals surface area contributed by atoms with Crippen LogP contribution in [-0.4, -0.2) is 43.2 Å². The number of para-hydroxylation sites is 1. The van der Waals surface area contributed by atoms with Gasteiger partial charge >= 0.3 is 5.97 Å². The highest BCUT2D eigenvalue weighted by atomic mass is 32.2. The van der Waals surface area contributed by atoms with Gasteiger partial charge in [-0.2, -0.15) is 0 Å². The lowest BCUT2D eigenvalue weighted by Crippen LogP contribution is -2.43. The molecule has 0 aliphatic carbocycles. The summed E-state index contributed by atoms with van der Waals surface area (Å²) >= 11 is 1.79. The molecule has 0 spiro atoms. The summed E-state index contributed by atoms with van der Waals surface area (Å²) < 4.78 is 4.75. The number of benzene rings is 3. The summed E-state index contributed by atoms with van der Waals surface area (Å²) in [5, 5.41) is 0. The molecule has 1 aliphatic heterocycles. The van der Waals surface area contributed by atoms with Crippen LogP contribution in [0.2, 0.25) is 0 Å². The molecule has 1 amide bonds. The molecular weight excluding hydrogens is 420 g/mol. The Labute approximate surface area is 193 Å². The van der Waals surface area contributed by atoms with Crippen molar-refractivity contribution in [2.45, 2.75) is 17.5 Å². The van der Waals surface area contributed by atoms with Crippen molar-refractivity contribution in [3.05, 3.63) is 95.6 Å². The van der Waals surface area contributed by atoms with Crippen molar-refractivity contribution in [2.75, 3.05) is 31.4 Å². The fraction of sp³-hybridized carbons (Fsp3) is 0.231. The Morgan fingerprint density at radius 1 is 1.00 bits per heavy atom. The van der Waals surface area contributed by atoms with E-state index in [9.17, 15) is 9.59 Å². The normalized spacial score (nSPS) is 15.3. The highest BCUT2D eigenvalue weighted by Crippen LogP contribution is 2.43. The SMILES string of the molecule is COC(=O)c1ccc(CN(C)CC(=O)N2c3ccccc3SCC2c2ccccc2)cc1. The van der Waals surface area contributed by atoms with Gasteiger partial charge in [-0.3, -0.25) is 9.69 Å². The van der Waals surface area contributed by atoms with E-state index in [-0.39, 0.29) is 17.9 Å². The van der Waals surface area contributed by atoms with Gasteiger partial charge in [-0.15, -0.1) is 11.8 Å². The summed E-state index contributed by atoms with van der Waals surface area (Å²) in [7, 11) is 3.31. The fourth-order valence-electron chi connectivity index (χ4n) is 3.96. The molecule has 1 unspecified atom stereocenters. The van der Waals surface area contributed by atoms with E-state index in [1.54, 1.807) is 23.9 Å². The molecule has 0 aromatic heterocycles. The van der Waals surface area contributed by atoms with Gasteiger partial charge in [0, 0.05) is 17.2 Å². The Balaban J connectivity index is 1.51. The van der Waals surface area contributed by atoms with E-state index in [0.717, 1.165) is 27.5 Å². The number of esters is 1. The monoisotopic (exact) mass is 446 g/mol. The molecule has 0 radical (unpaired) electrons. The number of amides is 1. The molecule has 164 valence electrons. The van der Waals surface area contributed by atoms with Crippen LogP contribution in [0.25, 0.3) is 0 Å². The molecule has 6 heteroatoms. The van der Waals surface area contributed by atoms with Crippen LogP contribution in [0.15, 0.2) is 83.8 Å². The van der Waals surface area contributed by atoms with Crippen LogP contribution in [0.3, 0.4) is 0 Å². The quantitative estimate of drug-likeness (QED) is 0.510. The number of nitrogens with zero attached hydrogens (tertiary/aromatic N) is 2. The molecule has 0 N–H and O–H groups in total. The second-order valence-corrected chi connectivity index (χ2v) is 8.89. The average Bonchev–Trinajstić information content (AvgIpc) is 2.83. The second kappa shape index (κ2) is 10.0. The van der Waals surface area contributed by atoms with E-state index in [1.807, 2.05) is 65.4 Å².